The van der Waals surface area contributed by atoms with Crippen LogP contribution in [0, 0.1) is 12.7 Å². The number of morpholine rings is 1. The van der Waals surface area contributed by atoms with E-state index in [1.54, 1.807) is 12.1 Å². The maximum Gasteiger partial charge on any atom is 0.333 e. The van der Waals surface area contributed by atoms with Crippen molar-refractivity contribution in [3.63, 3.8) is 0 Å². The molecule has 1 saturated heterocycles. The minimum Gasteiger partial charge on any atom is -0.481 e. The number of aliphatic hydroxyl groups excluding tert-OH is 1. The summed E-state index contributed by atoms with van der Waals surface area (Å²) in [6.45, 7) is 7.38. The Morgan fingerprint density at radius 2 is 1.88 bits per heavy atom. The third-order valence-electron chi connectivity index (χ3n) is 7.00. The molecule has 4 heterocycles. The molecule has 40 heavy (non-hydrogen) atoms. The summed E-state index contributed by atoms with van der Waals surface area (Å²) in [5.74, 6) is -3.49. The Morgan fingerprint density at radius 1 is 1.15 bits per heavy atom. The van der Waals surface area contributed by atoms with Crippen molar-refractivity contribution < 1.29 is 43.6 Å². The second-order valence-electron chi connectivity index (χ2n) is 9.67. The Hall–Kier alpha value is -4.07. The molecule has 1 aromatic heterocycles. The molecule has 1 fully saturated rings. The topological polar surface area (TPSA) is 172 Å². The summed E-state index contributed by atoms with van der Waals surface area (Å²) in [6, 6.07) is 4.24. The van der Waals surface area contributed by atoms with E-state index in [2.05, 4.69) is 15.2 Å². The van der Waals surface area contributed by atoms with Gasteiger partial charge in [-0.3, -0.25) is 19.3 Å². The molecule has 0 radical (unpaired) electrons. The number of aromatic nitrogens is 1. The number of carbonyl (C=O) groups excluding carboxylic acids is 2. The van der Waals surface area contributed by atoms with Gasteiger partial charge in [0.05, 0.1) is 30.8 Å². The van der Waals surface area contributed by atoms with Crippen LogP contribution >= 0.6 is 0 Å². The fraction of sp³-hybridized carbons (Fsp3) is 0.407. The highest BCUT2D eigenvalue weighted by Crippen LogP contribution is 2.35. The van der Waals surface area contributed by atoms with E-state index >= 15 is 0 Å². The third kappa shape index (κ3) is 6.55. The van der Waals surface area contributed by atoms with E-state index in [1.165, 1.54) is 12.1 Å². The van der Waals surface area contributed by atoms with Crippen molar-refractivity contribution in [2.75, 3.05) is 51.3 Å². The minimum atomic E-state index is -1.79. The quantitative estimate of drug-likeness (QED) is 0.313. The van der Waals surface area contributed by atoms with Crippen LogP contribution in [0.3, 0.4) is 0 Å². The standard InChI is InChI=1S/C23H25FN4O3.C4H6O5/c1-14-20(13-17-16-12-15(24)2-3-18(16)26-22(17)29)25-19-4-5-28(23(30)21(14)19)7-6-27-8-10-31-11-9-27;5-2(4(8)9)1-3(6)7/h2-3,12-13,25H,4-11H2,1H3,(H,26,29);2,5H,1H2,(H,6,7)(H,8,9)/b17-13-;/t;2-/m.0/s1. The SMILES string of the molecule is Cc1c(/C=C2\C(=O)Nc3ccc(F)cc32)[nH]c2c1C(=O)N(CCN1CCOCC1)CC2.O=C(O)C[C@H](O)C(=O)O. The number of carboxylic acids is 2. The number of H-pyrrole nitrogens is 1. The number of halogens is 1. The molecule has 0 spiro atoms. The second-order valence-corrected chi connectivity index (χ2v) is 9.67. The molecule has 5 N–H and O–H groups in total. The molecule has 3 aliphatic heterocycles. The Labute approximate surface area is 229 Å². The summed E-state index contributed by atoms with van der Waals surface area (Å²) in [5.41, 5.74) is 4.66. The van der Waals surface area contributed by atoms with Gasteiger partial charge in [-0.1, -0.05) is 0 Å². The van der Waals surface area contributed by atoms with Crippen molar-refractivity contribution in [2.45, 2.75) is 25.9 Å². The zero-order chi connectivity index (χ0) is 29.0. The average molecular weight is 559 g/mol. The maximum absolute atomic E-state index is 13.7. The molecule has 13 heteroatoms. The number of carbonyl (C=O) groups is 4. The number of ether oxygens (including phenoxy) is 1. The van der Waals surface area contributed by atoms with Crippen molar-refractivity contribution >= 4 is 41.1 Å². The maximum atomic E-state index is 13.7. The van der Waals surface area contributed by atoms with Gasteiger partial charge in [-0.05, 0) is 36.8 Å². The Bertz CT molecular complexity index is 1350. The number of carboxylic acid groups (broad SMARTS) is 2. The van der Waals surface area contributed by atoms with Crippen molar-refractivity contribution in [1.82, 2.24) is 14.8 Å². The lowest BCUT2D eigenvalue weighted by Crippen LogP contribution is -2.45. The van der Waals surface area contributed by atoms with E-state index in [1.807, 2.05) is 11.8 Å². The Morgan fingerprint density at radius 3 is 2.52 bits per heavy atom. The number of benzene rings is 1. The summed E-state index contributed by atoms with van der Waals surface area (Å²) in [4.78, 5) is 52.6. The number of anilines is 1. The van der Waals surface area contributed by atoms with Crippen LogP contribution in [0.1, 0.15) is 39.3 Å². The van der Waals surface area contributed by atoms with Gasteiger partial charge in [0.15, 0.2) is 6.10 Å². The largest absolute Gasteiger partial charge is 0.481 e. The summed E-state index contributed by atoms with van der Waals surface area (Å²) in [5, 5.41) is 26.9. The first-order valence-electron chi connectivity index (χ1n) is 12.8. The molecular formula is C27H31FN4O8. The van der Waals surface area contributed by atoms with Gasteiger partial charge in [0.1, 0.15) is 5.82 Å². The molecule has 1 aromatic carbocycles. The molecule has 0 bridgehead atoms. The first kappa shape index (κ1) is 28.9. The smallest absolute Gasteiger partial charge is 0.333 e. The zero-order valence-electron chi connectivity index (χ0n) is 21.9. The van der Waals surface area contributed by atoms with Crippen molar-refractivity contribution in [3.05, 3.63) is 52.1 Å². The lowest BCUT2D eigenvalue weighted by Gasteiger charge is -2.32. The molecule has 214 valence electrons. The highest BCUT2D eigenvalue weighted by Gasteiger charge is 2.31. The fourth-order valence-electron chi connectivity index (χ4n) is 4.81. The Balaban J connectivity index is 0.000000357. The molecule has 1 atom stereocenters. The first-order chi connectivity index (χ1) is 19.0. The molecule has 3 aliphatic rings. The van der Waals surface area contributed by atoms with Gasteiger partial charge in [-0.2, -0.15) is 0 Å². The van der Waals surface area contributed by atoms with Crippen LogP contribution in [-0.2, 0) is 25.5 Å². The number of nitrogens with zero attached hydrogens (tertiary/aromatic N) is 2. The van der Waals surface area contributed by atoms with E-state index in [0.29, 0.717) is 35.5 Å². The molecule has 12 nitrogen and oxygen atoms in total. The highest BCUT2D eigenvalue weighted by molar-refractivity contribution is 6.34. The predicted molar refractivity (Wildman–Crippen MR) is 141 cm³/mol. The number of nitrogens with one attached hydrogen (secondary N) is 2. The molecule has 0 saturated carbocycles. The summed E-state index contributed by atoms with van der Waals surface area (Å²) in [7, 11) is 0. The van der Waals surface area contributed by atoms with E-state index in [4.69, 9.17) is 20.1 Å². The lowest BCUT2D eigenvalue weighted by molar-refractivity contribution is -0.152. The number of amides is 2. The minimum absolute atomic E-state index is 0.0234. The summed E-state index contributed by atoms with van der Waals surface area (Å²) >= 11 is 0. The van der Waals surface area contributed by atoms with Gasteiger partial charge in [-0.25, -0.2) is 9.18 Å². The second kappa shape index (κ2) is 12.4. The number of fused-ring (bicyclic) bond motifs is 2. The number of aromatic amines is 1. The number of hydrogen-bond acceptors (Lipinski definition) is 7. The van der Waals surface area contributed by atoms with Crippen LogP contribution in [0.2, 0.25) is 0 Å². The van der Waals surface area contributed by atoms with Crippen LogP contribution in [0.25, 0.3) is 11.6 Å². The van der Waals surface area contributed by atoms with E-state index in [9.17, 15) is 23.6 Å². The van der Waals surface area contributed by atoms with Crippen molar-refractivity contribution in [3.8, 4) is 0 Å². The van der Waals surface area contributed by atoms with Gasteiger partial charge < -0.3 is 35.3 Å². The van der Waals surface area contributed by atoms with Gasteiger partial charge in [0.2, 0.25) is 0 Å². The van der Waals surface area contributed by atoms with E-state index in [0.717, 1.165) is 56.2 Å². The third-order valence-corrected chi connectivity index (χ3v) is 7.00. The zero-order valence-corrected chi connectivity index (χ0v) is 21.9. The molecule has 5 rings (SSSR count). The predicted octanol–water partition coefficient (Wildman–Crippen LogP) is 1.19. The summed E-state index contributed by atoms with van der Waals surface area (Å²) < 4.78 is 19.1. The number of aliphatic carboxylic acids is 2. The average Bonchev–Trinajstić information content (AvgIpc) is 3.40. The van der Waals surface area contributed by atoms with Gasteiger partial charge >= 0.3 is 11.9 Å². The lowest BCUT2D eigenvalue weighted by atomic mass is 10.0. The van der Waals surface area contributed by atoms with Crippen molar-refractivity contribution in [1.29, 1.82) is 0 Å². The summed E-state index contributed by atoms with van der Waals surface area (Å²) in [6.07, 6.45) is -0.0805. The van der Waals surface area contributed by atoms with Crippen LogP contribution < -0.4 is 5.32 Å². The molecule has 2 aromatic rings. The number of rotatable bonds is 7. The van der Waals surface area contributed by atoms with E-state index in [-0.39, 0.29) is 11.8 Å². The monoisotopic (exact) mass is 558 g/mol. The Kier molecular flexibility index (Phi) is 8.97. The number of aliphatic hydroxyl groups is 1. The number of hydrogen-bond donors (Lipinski definition) is 5. The normalized spacial score (nSPS) is 18.5. The van der Waals surface area contributed by atoms with Crippen LogP contribution in [-0.4, -0.2) is 106 Å². The first-order valence-corrected chi connectivity index (χ1v) is 12.8. The molecule has 0 aliphatic carbocycles. The van der Waals surface area contributed by atoms with Crippen molar-refractivity contribution in [2.24, 2.45) is 0 Å². The van der Waals surface area contributed by atoms with Crippen LogP contribution in [0.4, 0.5) is 10.1 Å². The van der Waals surface area contributed by atoms with Crippen LogP contribution in [0.15, 0.2) is 18.2 Å². The van der Waals surface area contributed by atoms with E-state index < -0.39 is 30.3 Å². The van der Waals surface area contributed by atoms with Gasteiger partial charge in [-0.15, -0.1) is 0 Å². The van der Waals surface area contributed by atoms with Gasteiger partial charge in [0, 0.05) is 61.8 Å². The molecule has 2 amide bonds. The molecule has 0 unspecified atom stereocenters. The van der Waals surface area contributed by atoms with Gasteiger partial charge in [0.25, 0.3) is 11.8 Å². The van der Waals surface area contributed by atoms with Crippen LogP contribution in [0.5, 0.6) is 0 Å². The fourth-order valence-corrected chi connectivity index (χ4v) is 4.81. The highest BCUT2D eigenvalue weighted by atomic mass is 19.1. The molecular weight excluding hydrogens is 527 g/mol.